The number of methoxy groups -OCH3 is 1. The van der Waals surface area contributed by atoms with Gasteiger partial charge in [0.1, 0.15) is 11.4 Å². The molecule has 5 heteroatoms. The summed E-state index contributed by atoms with van der Waals surface area (Å²) in [6.07, 6.45) is 1.89. The van der Waals surface area contributed by atoms with Gasteiger partial charge in [0.15, 0.2) is 11.3 Å². The zero-order valence-corrected chi connectivity index (χ0v) is 11.8. The Morgan fingerprint density at radius 2 is 2.00 bits per heavy atom. The number of aromatic amines is 1. The SMILES string of the molecule is COc1ccccc1Nc1nc(-c2cccc[nH+]2)cs1. The summed E-state index contributed by atoms with van der Waals surface area (Å²) < 4.78 is 5.32. The van der Waals surface area contributed by atoms with Gasteiger partial charge in [-0.1, -0.05) is 12.1 Å². The van der Waals surface area contributed by atoms with Crippen LogP contribution in [-0.2, 0) is 0 Å². The number of nitrogens with one attached hydrogen (secondary N) is 2. The van der Waals surface area contributed by atoms with Gasteiger partial charge in [-0.2, -0.15) is 0 Å². The van der Waals surface area contributed by atoms with E-state index >= 15 is 0 Å². The Morgan fingerprint density at radius 1 is 1.15 bits per heavy atom. The van der Waals surface area contributed by atoms with Crippen molar-refractivity contribution in [2.75, 3.05) is 12.4 Å². The van der Waals surface area contributed by atoms with Crippen LogP contribution >= 0.6 is 11.3 Å². The maximum absolute atomic E-state index is 5.32. The third kappa shape index (κ3) is 2.62. The molecule has 0 aliphatic rings. The van der Waals surface area contributed by atoms with E-state index in [-0.39, 0.29) is 0 Å². The molecule has 0 saturated heterocycles. The number of H-pyrrole nitrogens is 1. The molecule has 0 bridgehead atoms. The van der Waals surface area contributed by atoms with Crippen LogP contribution in [0.25, 0.3) is 11.4 Å². The number of pyridine rings is 1. The number of benzene rings is 1. The Labute approximate surface area is 121 Å². The third-order valence-electron chi connectivity index (χ3n) is 2.84. The second-order valence-corrected chi connectivity index (χ2v) is 5.00. The minimum absolute atomic E-state index is 0.801. The van der Waals surface area contributed by atoms with Crippen molar-refractivity contribution in [1.29, 1.82) is 0 Å². The molecule has 0 aliphatic heterocycles. The fourth-order valence-corrected chi connectivity index (χ4v) is 2.59. The van der Waals surface area contributed by atoms with Crippen LogP contribution in [0, 0.1) is 0 Å². The minimum Gasteiger partial charge on any atom is -0.495 e. The van der Waals surface area contributed by atoms with Crippen LogP contribution in [0.1, 0.15) is 0 Å². The van der Waals surface area contributed by atoms with Crippen molar-refractivity contribution in [1.82, 2.24) is 4.98 Å². The molecule has 0 atom stereocenters. The maximum Gasteiger partial charge on any atom is 0.230 e. The van der Waals surface area contributed by atoms with Crippen LogP contribution in [0.3, 0.4) is 0 Å². The highest BCUT2D eigenvalue weighted by Crippen LogP contribution is 2.30. The van der Waals surface area contributed by atoms with E-state index in [1.165, 1.54) is 0 Å². The van der Waals surface area contributed by atoms with Crippen molar-refractivity contribution in [3.63, 3.8) is 0 Å². The molecule has 0 radical (unpaired) electrons. The summed E-state index contributed by atoms with van der Waals surface area (Å²) in [5.41, 5.74) is 2.83. The number of para-hydroxylation sites is 2. The average Bonchev–Trinajstić information content (AvgIpc) is 2.97. The molecule has 0 amide bonds. The van der Waals surface area contributed by atoms with E-state index in [9.17, 15) is 0 Å². The minimum atomic E-state index is 0.801. The Balaban J connectivity index is 1.84. The van der Waals surface area contributed by atoms with E-state index in [1.807, 2.05) is 54.0 Å². The molecule has 2 N–H and O–H groups in total. The summed E-state index contributed by atoms with van der Waals surface area (Å²) in [6.45, 7) is 0. The zero-order valence-electron chi connectivity index (χ0n) is 11.0. The lowest BCUT2D eigenvalue weighted by Gasteiger charge is -2.07. The van der Waals surface area contributed by atoms with E-state index < -0.39 is 0 Å². The quantitative estimate of drug-likeness (QED) is 0.799. The molecule has 0 fully saturated rings. The highest BCUT2D eigenvalue weighted by atomic mass is 32.1. The lowest BCUT2D eigenvalue weighted by Crippen LogP contribution is -2.04. The average molecular weight is 284 g/mol. The summed E-state index contributed by atoms with van der Waals surface area (Å²) in [5, 5.41) is 6.13. The van der Waals surface area contributed by atoms with Crippen molar-refractivity contribution < 1.29 is 9.72 Å². The molecular weight excluding hydrogens is 270 g/mol. The summed E-state index contributed by atoms with van der Waals surface area (Å²) in [5.74, 6) is 0.801. The monoisotopic (exact) mass is 284 g/mol. The molecule has 2 heterocycles. The van der Waals surface area contributed by atoms with E-state index in [2.05, 4.69) is 15.3 Å². The van der Waals surface area contributed by atoms with Gasteiger partial charge in [-0.05, 0) is 18.2 Å². The van der Waals surface area contributed by atoms with Gasteiger partial charge in [0.25, 0.3) is 0 Å². The molecule has 0 aliphatic carbocycles. The van der Waals surface area contributed by atoms with Crippen molar-refractivity contribution >= 4 is 22.2 Å². The largest absolute Gasteiger partial charge is 0.495 e. The van der Waals surface area contributed by atoms with Crippen LogP contribution in [0.15, 0.2) is 54.0 Å². The van der Waals surface area contributed by atoms with Gasteiger partial charge >= 0.3 is 0 Å². The van der Waals surface area contributed by atoms with Crippen molar-refractivity contribution in [2.24, 2.45) is 0 Å². The number of hydrogen-bond acceptors (Lipinski definition) is 4. The molecule has 0 spiro atoms. The van der Waals surface area contributed by atoms with Crippen LogP contribution in [0.4, 0.5) is 10.8 Å². The summed E-state index contributed by atoms with van der Waals surface area (Å²) >= 11 is 1.56. The molecule has 1 aromatic carbocycles. The smallest absolute Gasteiger partial charge is 0.230 e. The van der Waals surface area contributed by atoms with E-state index in [4.69, 9.17) is 4.74 Å². The summed E-state index contributed by atoms with van der Waals surface area (Å²) in [4.78, 5) is 7.75. The van der Waals surface area contributed by atoms with Gasteiger partial charge in [-0.3, -0.25) is 0 Å². The number of nitrogens with zero attached hydrogens (tertiary/aromatic N) is 1. The second-order valence-electron chi connectivity index (χ2n) is 4.14. The lowest BCUT2D eigenvalue weighted by molar-refractivity contribution is -0.364. The first kappa shape index (κ1) is 12.6. The first-order valence-electron chi connectivity index (χ1n) is 6.19. The molecule has 0 unspecified atom stereocenters. The molecule has 0 saturated carbocycles. The van der Waals surface area contributed by atoms with Crippen LogP contribution in [0.2, 0.25) is 0 Å². The van der Waals surface area contributed by atoms with Crippen molar-refractivity contribution in [2.45, 2.75) is 0 Å². The van der Waals surface area contributed by atoms with Crippen LogP contribution in [-0.4, -0.2) is 12.1 Å². The Bertz CT molecular complexity index is 697. The fraction of sp³-hybridized carbons (Fsp3) is 0.0667. The topological polar surface area (TPSA) is 48.3 Å². The number of thiazole rings is 1. The maximum atomic E-state index is 5.32. The highest BCUT2D eigenvalue weighted by Gasteiger charge is 2.10. The molecule has 3 aromatic rings. The Morgan fingerprint density at radius 3 is 2.80 bits per heavy atom. The first-order valence-corrected chi connectivity index (χ1v) is 7.07. The van der Waals surface area contributed by atoms with Gasteiger partial charge in [0, 0.05) is 17.5 Å². The van der Waals surface area contributed by atoms with Gasteiger partial charge in [-0.15, -0.1) is 11.3 Å². The summed E-state index contributed by atoms with van der Waals surface area (Å²) in [6, 6.07) is 13.7. The molecule has 100 valence electrons. The predicted octanol–water partition coefficient (Wildman–Crippen LogP) is 3.38. The third-order valence-corrected chi connectivity index (χ3v) is 3.60. The normalized spacial score (nSPS) is 10.2. The van der Waals surface area contributed by atoms with Crippen LogP contribution in [0.5, 0.6) is 5.75 Å². The van der Waals surface area contributed by atoms with Crippen LogP contribution < -0.4 is 15.0 Å². The Kier molecular flexibility index (Phi) is 3.60. The first-order chi connectivity index (χ1) is 9.86. The lowest BCUT2D eigenvalue weighted by atomic mass is 10.3. The van der Waals surface area contributed by atoms with Crippen molar-refractivity contribution in [3.8, 4) is 17.1 Å². The fourth-order valence-electron chi connectivity index (χ4n) is 1.87. The van der Waals surface area contributed by atoms with E-state index in [1.54, 1.807) is 18.4 Å². The van der Waals surface area contributed by atoms with E-state index in [0.717, 1.165) is 28.0 Å². The highest BCUT2D eigenvalue weighted by molar-refractivity contribution is 7.14. The predicted molar refractivity (Wildman–Crippen MR) is 80.4 cm³/mol. The van der Waals surface area contributed by atoms with Gasteiger partial charge < -0.3 is 10.1 Å². The van der Waals surface area contributed by atoms with E-state index in [0.29, 0.717) is 0 Å². The standard InChI is InChI=1S/C15H13N3OS/c1-19-14-8-3-2-7-12(14)17-15-18-13(10-20-15)11-6-4-5-9-16-11/h2-10H,1H3,(H,17,18)/p+1. The number of hydrogen-bond donors (Lipinski definition) is 1. The molecular formula is C15H14N3OS+. The zero-order chi connectivity index (χ0) is 13.8. The number of ether oxygens (including phenoxy) is 1. The molecule has 3 rings (SSSR count). The Hall–Kier alpha value is -2.40. The molecule has 20 heavy (non-hydrogen) atoms. The van der Waals surface area contributed by atoms with Gasteiger partial charge in [-0.25, -0.2) is 9.97 Å². The molecule has 4 nitrogen and oxygen atoms in total. The second kappa shape index (κ2) is 5.71. The number of anilines is 2. The molecule has 2 aromatic heterocycles. The number of rotatable bonds is 4. The summed E-state index contributed by atoms with van der Waals surface area (Å²) in [7, 11) is 1.66. The van der Waals surface area contributed by atoms with Gasteiger partial charge in [0.2, 0.25) is 5.69 Å². The van der Waals surface area contributed by atoms with Gasteiger partial charge in [0.05, 0.1) is 12.8 Å². The number of aromatic nitrogens is 2. The van der Waals surface area contributed by atoms with Crippen molar-refractivity contribution in [3.05, 3.63) is 54.0 Å².